The summed E-state index contributed by atoms with van der Waals surface area (Å²) in [5.74, 6) is 0.778. The molecule has 3 heteroatoms. The molecule has 2 aromatic rings. The number of benzene rings is 1. The van der Waals surface area contributed by atoms with Gasteiger partial charge in [0, 0.05) is 5.56 Å². The van der Waals surface area contributed by atoms with Gasteiger partial charge in [-0.25, -0.2) is 4.98 Å². The lowest BCUT2D eigenvalue weighted by atomic mass is 10.2. The van der Waals surface area contributed by atoms with Crippen molar-refractivity contribution in [1.82, 2.24) is 4.98 Å². The Balaban J connectivity index is 1.88. The van der Waals surface area contributed by atoms with Crippen LogP contribution in [0.1, 0.15) is 23.2 Å². The first-order valence-electron chi connectivity index (χ1n) is 5.82. The van der Waals surface area contributed by atoms with Crippen molar-refractivity contribution in [2.75, 3.05) is 0 Å². The molecule has 1 aliphatic heterocycles. The smallest absolute Gasteiger partial charge is 0.227 e. The zero-order chi connectivity index (χ0) is 12.4. The molecule has 0 saturated carbocycles. The molecule has 0 saturated heterocycles. The van der Waals surface area contributed by atoms with Crippen molar-refractivity contribution in [1.29, 1.82) is 0 Å². The van der Waals surface area contributed by atoms with Crippen LogP contribution in [-0.2, 0) is 11.3 Å². The molecule has 1 atom stereocenters. The molecular weight excluding hydrogens is 226 g/mol. The molecule has 0 aliphatic carbocycles. The van der Waals surface area contributed by atoms with Gasteiger partial charge in [0.1, 0.15) is 11.4 Å². The van der Waals surface area contributed by atoms with Gasteiger partial charge in [-0.15, -0.1) is 0 Å². The normalized spacial score (nSPS) is 17.7. The molecule has 1 unspecified atom stereocenters. The first-order valence-corrected chi connectivity index (χ1v) is 5.82. The summed E-state index contributed by atoms with van der Waals surface area (Å²) in [5.41, 5.74) is 2.66. The first kappa shape index (κ1) is 11.0. The van der Waals surface area contributed by atoms with E-state index in [0.29, 0.717) is 6.61 Å². The highest BCUT2D eigenvalue weighted by Crippen LogP contribution is 2.31. The van der Waals surface area contributed by atoms with Gasteiger partial charge in [0.2, 0.25) is 6.29 Å². The van der Waals surface area contributed by atoms with Crippen LogP contribution in [0.4, 0.5) is 0 Å². The minimum absolute atomic E-state index is 0.352. The summed E-state index contributed by atoms with van der Waals surface area (Å²) in [5, 5.41) is 0. The molecule has 0 spiro atoms. The highest BCUT2D eigenvalue weighted by Gasteiger charge is 2.22. The average Bonchev–Trinajstić information content (AvgIpc) is 2.47. The maximum absolute atomic E-state index is 5.80. The zero-order valence-corrected chi connectivity index (χ0v) is 9.87. The second-order valence-electron chi connectivity index (χ2n) is 4.06. The fourth-order valence-corrected chi connectivity index (χ4v) is 1.91. The lowest BCUT2D eigenvalue weighted by Crippen LogP contribution is -2.18. The summed E-state index contributed by atoms with van der Waals surface area (Å²) in [6.45, 7) is 4.15. The van der Waals surface area contributed by atoms with Crippen molar-refractivity contribution in [3.05, 3.63) is 66.0 Å². The number of pyridine rings is 1. The van der Waals surface area contributed by atoms with Gasteiger partial charge in [0.05, 0.1) is 12.3 Å². The van der Waals surface area contributed by atoms with Crippen LogP contribution in [0.5, 0.6) is 5.75 Å². The summed E-state index contributed by atoms with van der Waals surface area (Å²) in [4.78, 5) is 4.39. The minimum Gasteiger partial charge on any atom is -0.459 e. The Morgan fingerprint density at radius 2 is 2.00 bits per heavy atom. The summed E-state index contributed by atoms with van der Waals surface area (Å²) in [6.07, 6.45) is 1.36. The molecule has 0 bridgehead atoms. The largest absolute Gasteiger partial charge is 0.459 e. The number of hydrogen-bond acceptors (Lipinski definition) is 3. The van der Waals surface area contributed by atoms with E-state index in [-0.39, 0.29) is 6.29 Å². The molecule has 18 heavy (non-hydrogen) atoms. The monoisotopic (exact) mass is 239 g/mol. The van der Waals surface area contributed by atoms with E-state index in [4.69, 9.17) is 9.47 Å². The van der Waals surface area contributed by atoms with Gasteiger partial charge in [-0.2, -0.15) is 0 Å². The van der Waals surface area contributed by atoms with Crippen molar-refractivity contribution < 1.29 is 9.47 Å². The lowest BCUT2D eigenvalue weighted by molar-refractivity contribution is -0.113. The summed E-state index contributed by atoms with van der Waals surface area (Å²) < 4.78 is 11.5. The van der Waals surface area contributed by atoms with Crippen molar-refractivity contribution in [3.8, 4) is 5.75 Å². The molecule has 2 heterocycles. The molecular formula is C15H13NO2. The third-order valence-corrected chi connectivity index (χ3v) is 2.84. The average molecular weight is 239 g/mol. The van der Waals surface area contributed by atoms with E-state index in [1.165, 1.54) is 0 Å². The number of ether oxygens (including phenoxy) is 2. The van der Waals surface area contributed by atoms with Crippen LogP contribution in [0.15, 0.2) is 49.0 Å². The third-order valence-electron chi connectivity index (χ3n) is 2.84. The van der Waals surface area contributed by atoms with E-state index in [9.17, 15) is 0 Å². The van der Waals surface area contributed by atoms with Gasteiger partial charge in [0.25, 0.3) is 0 Å². The molecule has 0 fully saturated rings. The fourth-order valence-electron chi connectivity index (χ4n) is 1.91. The van der Waals surface area contributed by atoms with Crippen LogP contribution in [0.2, 0.25) is 0 Å². The van der Waals surface area contributed by atoms with Crippen LogP contribution >= 0.6 is 0 Å². The molecule has 0 N–H and O–H groups in total. The van der Waals surface area contributed by atoms with Gasteiger partial charge in [0.15, 0.2) is 0 Å². The number of nitrogens with zero attached hydrogens (tertiary/aromatic N) is 1. The predicted molar refractivity (Wildman–Crippen MR) is 68.9 cm³/mol. The van der Waals surface area contributed by atoms with E-state index in [2.05, 4.69) is 11.6 Å². The van der Waals surface area contributed by atoms with E-state index in [0.717, 1.165) is 22.7 Å². The Labute approximate surface area is 106 Å². The maximum atomic E-state index is 5.80. The second kappa shape index (κ2) is 4.63. The quantitative estimate of drug-likeness (QED) is 0.805. The van der Waals surface area contributed by atoms with Gasteiger partial charge in [-0.3, -0.25) is 0 Å². The minimum atomic E-state index is -0.352. The van der Waals surface area contributed by atoms with Crippen molar-refractivity contribution in [2.24, 2.45) is 0 Å². The van der Waals surface area contributed by atoms with Gasteiger partial charge < -0.3 is 9.47 Å². The second-order valence-corrected chi connectivity index (χ2v) is 4.06. The zero-order valence-electron chi connectivity index (χ0n) is 9.87. The summed E-state index contributed by atoms with van der Waals surface area (Å²) in [7, 11) is 0. The first-order chi connectivity index (χ1) is 8.86. The number of aromatic nitrogens is 1. The number of fused-ring (bicyclic) bond motifs is 1. The predicted octanol–water partition coefficient (Wildman–Crippen LogP) is 3.33. The molecule has 0 amide bonds. The number of hydrogen-bond donors (Lipinski definition) is 0. The summed E-state index contributed by atoms with van der Waals surface area (Å²) >= 11 is 0. The SMILES string of the molecule is C=Cc1ccc2c(n1)COC(c1ccccc1)O2. The highest BCUT2D eigenvalue weighted by atomic mass is 16.7. The van der Waals surface area contributed by atoms with Gasteiger partial charge >= 0.3 is 0 Å². The maximum Gasteiger partial charge on any atom is 0.227 e. The van der Waals surface area contributed by atoms with Crippen molar-refractivity contribution in [3.63, 3.8) is 0 Å². The molecule has 3 rings (SSSR count). The van der Waals surface area contributed by atoms with Crippen LogP contribution < -0.4 is 4.74 Å². The van der Waals surface area contributed by atoms with E-state index < -0.39 is 0 Å². The fraction of sp³-hybridized carbons (Fsp3) is 0.133. The standard InChI is InChI=1S/C15H13NO2/c1-2-12-8-9-14-13(16-12)10-17-15(18-14)11-6-4-3-5-7-11/h2-9,15H,1,10H2. The van der Waals surface area contributed by atoms with Crippen molar-refractivity contribution >= 4 is 6.08 Å². The Morgan fingerprint density at radius 1 is 1.17 bits per heavy atom. The van der Waals surface area contributed by atoms with Crippen LogP contribution in [0, 0.1) is 0 Å². The Bertz CT molecular complexity index is 566. The van der Waals surface area contributed by atoms with Crippen LogP contribution in [0.3, 0.4) is 0 Å². The Hall–Kier alpha value is -2.13. The van der Waals surface area contributed by atoms with E-state index >= 15 is 0 Å². The molecule has 3 nitrogen and oxygen atoms in total. The Kier molecular flexibility index (Phi) is 2.82. The highest BCUT2D eigenvalue weighted by molar-refractivity contribution is 5.45. The topological polar surface area (TPSA) is 31.4 Å². The Morgan fingerprint density at radius 3 is 2.78 bits per heavy atom. The van der Waals surface area contributed by atoms with E-state index in [1.54, 1.807) is 6.08 Å². The molecule has 1 aromatic carbocycles. The third kappa shape index (κ3) is 2.00. The molecule has 1 aromatic heterocycles. The molecule has 1 aliphatic rings. The van der Waals surface area contributed by atoms with Crippen LogP contribution in [0.25, 0.3) is 6.08 Å². The number of rotatable bonds is 2. The molecule has 90 valence electrons. The van der Waals surface area contributed by atoms with Gasteiger partial charge in [-0.1, -0.05) is 36.9 Å². The van der Waals surface area contributed by atoms with Crippen molar-refractivity contribution in [2.45, 2.75) is 12.9 Å². The lowest BCUT2D eigenvalue weighted by Gasteiger charge is -2.26. The van der Waals surface area contributed by atoms with Gasteiger partial charge in [-0.05, 0) is 18.2 Å². The summed E-state index contributed by atoms with van der Waals surface area (Å²) in [6, 6.07) is 13.7. The van der Waals surface area contributed by atoms with Crippen LogP contribution in [-0.4, -0.2) is 4.98 Å². The molecule has 0 radical (unpaired) electrons. The van der Waals surface area contributed by atoms with E-state index in [1.807, 2.05) is 42.5 Å².